The highest BCUT2D eigenvalue weighted by molar-refractivity contribution is 6.07. The van der Waals surface area contributed by atoms with Crippen molar-refractivity contribution in [3.63, 3.8) is 0 Å². The van der Waals surface area contributed by atoms with Gasteiger partial charge in [-0.1, -0.05) is 6.07 Å². The van der Waals surface area contributed by atoms with Gasteiger partial charge in [0.25, 0.3) is 17.4 Å². The van der Waals surface area contributed by atoms with Gasteiger partial charge in [0.15, 0.2) is 0 Å². The minimum atomic E-state index is -0.285. The molecule has 3 amide bonds. The van der Waals surface area contributed by atoms with E-state index < -0.39 is 0 Å². The molecule has 42 heavy (non-hydrogen) atoms. The highest BCUT2D eigenvalue weighted by Crippen LogP contribution is 2.39. The molecule has 0 unspecified atom stereocenters. The quantitative estimate of drug-likeness (QED) is 0.507. The maximum absolute atomic E-state index is 13.5. The van der Waals surface area contributed by atoms with Crippen LogP contribution in [-0.4, -0.2) is 78.5 Å². The van der Waals surface area contributed by atoms with E-state index in [4.69, 9.17) is 4.74 Å². The minimum absolute atomic E-state index is 0.00813. The van der Waals surface area contributed by atoms with Gasteiger partial charge in [-0.05, 0) is 60.9 Å². The number of rotatable bonds is 5. The molecule has 2 fully saturated rings. The zero-order valence-corrected chi connectivity index (χ0v) is 23.9. The molecule has 1 aromatic heterocycles. The summed E-state index contributed by atoms with van der Waals surface area (Å²) >= 11 is 0. The zero-order valence-electron chi connectivity index (χ0n) is 23.9. The van der Waals surface area contributed by atoms with Crippen molar-refractivity contribution in [2.24, 2.45) is 5.92 Å². The highest BCUT2D eigenvalue weighted by atomic mass is 16.5. The van der Waals surface area contributed by atoms with Gasteiger partial charge in [-0.3, -0.25) is 19.2 Å². The summed E-state index contributed by atoms with van der Waals surface area (Å²) in [6, 6.07) is 17.9. The molecular weight excluding hydrogens is 534 g/mol. The van der Waals surface area contributed by atoms with E-state index in [1.54, 1.807) is 60.2 Å². The van der Waals surface area contributed by atoms with Gasteiger partial charge in [-0.25, -0.2) is 0 Å². The van der Waals surface area contributed by atoms with Gasteiger partial charge in [0.1, 0.15) is 5.75 Å². The molecule has 10 heteroatoms. The number of aromatic nitrogens is 1. The molecule has 2 aromatic carbocycles. The number of benzene rings is 2. The van der Waals surface area contributed by atoms with Crippen LogP contribution in [0.1, 0.15) is 45.7 Å². The molecule has 218 valence electrons. The molecule has 0 saturated carbocycles. The highest BCUT2D eigenvalue weighted by Gasteiger charge is 2.35. The summed E-state index contributed by atoms with van der Waals surface area (Å²) in [6.45, 7) is 5.57. The summed E-state index contributed by atoms with van der Waals surface area (Å²) in [4.78, 5) is 56.9. The number of piperidine rings is 1. The van der Waals surface area contributed by atoms with Crippen LogP contribution < -0.4 is 20.5 Å². The van der Waals surface area contributed by atoms with Crippen molar-refractivity contribution in [3.8, 4) is 5.75 Å². The first-order valence-corrected chi connectivity index (χ1v) is 14.4. The Bertz CT molecular complexity index is 1570. The second kappa shape index (κ2) is 11.3. The van der Waals surface area contributed by atoms with E-state index in [-0.39, 0.29) is 29.2 Å². The molecular formula is C32H35N5O5. The van der Waals surface area contributed by atoms with Crippen LogP contribution in [0.5, 0.6) is 5.75 Å². The van der Waals surface area contributed by atoms with Crippen LogP contribution >= 0.6 is 0 Å². The molecule has 3 aliphatic rings. The van der Waals surface area contributed by atoms with Gasteiger partial charge in [-0.2, -0.15) is 0 Å². The lowest BCUT2D eigenvalue weighted by Crippen LogP contribution is -2.50. The van der Waals surface area contributed by atoms with Crippen LogP contribution in [-0.2, 0) is 11.3 Å². The summed E-state index contributed by atoms with van der Waals surface area (Å²) in [5, 5.41) is 3.08. The predicted molar refractivity (Wildman–Crippen MR) is 159 cm³/mol. The predicted octanol–water partition coefficient (Wildman–Crippen LogP) is 3.04. The molecule has 10 nitrogen and oxygen atoms in total. The van der Waals surface area contributed by atoms with E-state index in [9.17, 15) is 19.2 Å². The molecule has 6 rings (SSSR count). The Morgan fingerprint density at radius 1 is 0.857 bits per heavy atom. The average Bonchev–Trinajstić information content (AvgIpc) is 3.01. The Kier molecular flexibility index (Phi) is 7.45. The van der Waals surface area contributed by atoms with E-state index >= 15 is 0 Å². The van der Waals surface area contributed by atoms with E-state index in [0.29, 0.717) is 67.8 Å². The van der Waals surface area contributed by atoms with Crippen LogP contribution in [0.25, 0.3) is 0 Å². The first kappa shape index (κ1) is 27.6. The Balaban J connectivity index is 1.30. The lowest BCUT2D eigenvalue weighted by atomic mass is 9.83. The number of hydrogen-bond acceptors (Lipinski definition) is 6. The van der Waals surface area contributed by atoms with E-state index in [1.807, 2.05) is 28.8 Å². The average molecular weight is 570 g/mol. The van der Waals surface area contributed by atoms with E-state index in [0.717, 1.165) is 24.3 Å². The summed E-state index contributed by atoms with van der Waals surface area (Å²) in [6.07, 6.45) is 1.01. The number of fused-ring (bicyclic) bond motifs is 4. The fourth-order valence-electron chi connectivity index (χ4n) is 6.48. The van der Waals surface area contributed by atoms with Crippen LogP contribution in [0, 0.1) is 5.92 Å². The minimum Gasteiger partial charge on any atom is -0.497 e. The largest absolute Gasteiger partial charge is 0.497 e. The van der Waals surface area contributed by atoms with Crippen LogP contribution in [0.3, 0.4) is 0 Å². The van der Waals surface area contributed by atoms with Crippen LogP contribution in [0.15, 0.2) is 65.5 Å². The third-order valence-corrected chi connectivity index (χ3v) is 8.68. The molecule has 2 bridgehead atoms. The number of carbonyl (C=O) groups is 3. The lowest BCUT2D eigenvalue weighted by Gasteiger charge is -2.44. The maximum atomic E-state index is 13.5. The molecule has 4 heterocycles. The van der Waals surface area contributed by atoms with Gasteiger partial charge in [0.05, 0.1) is 18.5 Å². The van der Waals surface area contributed by atoms with Gasteiger partial charge in [-0.15, -0.1) is 0 Å². The Labute approximate surface area is 244 Å². The van der Waals surface area contributed by atoms with Crippen molar-refractivity contribution < 1.29 is 19.1 Å². The van der Waals surface area contributed by atoms with Gasteiger partial charge >= 0.3 is 0 Å². The number of methoxy groups -OCH3 is 1. The van der Waals surface area contributed by atoms with Crippen molar-refractivity contribution in [2.75, 3.05) is 56.6 Å². The summed E-state index contributed by atoms with van der Waals surface area (Å²) in [7, 11) is 1.58. The number of piperazine rings is 1. The molecule has 0 radical (unpaired) electrons. The van der Waals surface area contributed by atoms with Gasteiger partial charge in [0.2, 0.25) is 5.91 Å². The standard InChI is InChI=1S/C32H35N5O5/c1-21(38)34-12-14-35(15-13-34)32(41)24-8-11-29(27(17-24)33-31(40)23-6-9-26(42-2)10-7-23)36-18-22-16-25(20-36)28-4-3-5-30(39)37(28)19-22/h3-11,17,22,25H,12-16,18-20H2,1-2H3,(H,33,40)/t22-,25+/m1/s1. The summed E-state index contributed by atoms with van der Waals surface area (Å²) < 4.78 is 7.13. The third-order valence-electron chi connectivity index (χ3n) is 8.68. The van der Waals surface area contributed by atoms with Crippen molar-refractivity contribution in [1.29, 1.82) is 0 Å². The first-order chi connectivity index (χ1) is 20.3. The van der Waals surface area contributed by atoms with Crippen LogP contribution in [0.2, 0.25) is 0 Å². The smallest absolute Gasteiger partial charge is 0.255 e. The molecule has 2 atom stereocenters. The Morgan fingerprint density at radius 2 is 1.57 bits per heavy atom. The van der Waals surface area contributed by atoms with E-state index in [2.05, 4.69) is 10.2 Å². The lowest BCUT2D eigenvalue weighted by molar-refractivity contribution is -0.130. The number of amides is 3. The summed E-state index contributed by atoms with van der Waals surface area (Å²) in [5.41, 5.74) is 3.45. The number of anilines is 2. The SMILES string of the molecule is COc1ccc(C(=O)Nc2cc(C(=O)N3CCN(C(C)=O)CC3)ccc2N2C[C@H]3C[C@@H](C2)c2cccc(=O)n2C3)cc1. The van der Waals surface area contributed by atoms with Crippen molar-refractivity contribution in [3.05, 3.63) is 87.8 Å². The van der Waals surface area contributed by atoms with Crippen molar-refractivity contribution >= 4 is 29.1 Å². The topological polar surface area (TPSA) is 104 Å². The maximum Gasteiger partial charge on any atom is 0.255 e. The molecule has 0 aliphatic carbocycles. The van der Waals surface area contributed by atoms with E-state index in [1.165, 1.54) is 0 Å². The number of nitrogens with one attached hydrogen (secondary N) is 1. The molecule has 0 spiro atoms. The monoisotopic (exact) mass is 569 g/mol. The third kappa shape index (κ3) is 5.36. The molecule has 3 aromatic rings. The fraction of sp³-hybridized carbons (Fsp3) is 0.375. The molecule has 2 saturated heterocycles. The Morgan fingerprint density at radius 3 is 2.29 bits per heavy atom. The number of nitrogens with zero attached hydrogens (tertiary/aromatic N) is 4. The zero-order chi connectivity index (χ0) is 29.4. The Hall–Kier alpha value is -4.60. The van der Waals surface area contributed by atoms with Gasteiger partial charge < -0.3 is 29.3 Å². The number of ether oxygens (including phenoxy) is 1. The molecule has 1 N–H and O–H groups in total. The molecule has 3 aliphatic heterocycles. The number of carbonyl (C=O) groups excluding carboxylic acids is 3. The van der Waals surface area contributed by atoms with Crippen molar-refractivity contribution in [1.82, 2.24) is 14.4 Å². The summed E-state index contributed by atoms with van der Waals surface area (Å²) in [5.74, 6) is 0.731. The van der Waals surface area contributed by atoms with Gasteiger partial charge in [0, 0.05) is 81.5 Å². The first-order valence-electron chi connectivity index (χ1n) is 14.4. The fourth-order valence-corrected chi connectivity index (χ4v) is 6.48. The van der Waals surface area contributed by atoms with Crippen molar-refractivity contribution in [2.45, 2.75) is 25.8 Å². The second-order valence-corrected chi connectivity index (χ2v) is 11.3. The normalized spacial score (nSPS) is 19.6. The number of hydrogen-bond donors (Lipinski definition) is 1. The van der Waals surface area contributed by atoms with Crippen LogP contribution in [0.4, 0.5) is 11.4 Å². The second-order valence-electron chi connectivity index (χ2n) is 11.3. The number of pyridine rings is 1.